The number of para-hydroxylation sites is 4. The van der Waals surface area contributed by atoms with Crippen LogP contribution in [0.1, 0.15) is 96.9 Å². The Morgan fingerprint density at radius 2 is 0.658 bits per heavy atom. The van der Waals surface area contributed by atoms with Crippen LogP contribution in [-0.2, 0) is 38.8 Å². The van der Waals surface area contributed by atoms with Crippen molar-refractivity contribution in [2.45, 2.75) is 91.1 Å². The van der Waals surface area contributed by atoms with Crippen LogP contribution in [0.25, 0.3) is 33.6 Å². The minimum Gasteiger partial charge on any atom is -0.493 e. The van der Waals surface area contributed by atoms with Crippen molar-refractivity contribution in [1.82, 2.24) is 0 Å². The molecule has 0 amide bonds. The van der Waals surface area contributed by atoms with Crippen LogP contribution in [0.5, 0.6) is 23.0 Å². The van der Waals surface area contributed by atoms with E-state index in [-0.39, 0.29) is 0 Å². The Morgan fingerprint density at radius 3 is 0.974 bits per heavy atom. The first-order valence-corrected chi connectivity index (χ1v) is 27.6. The van der Waals surface area contributed by atoms with E-state index < -0.39 is 0 Å². The number of fused-ring (bicyclic) bond motifs is 1. The first-order valence-electron chi connectivity index (χ1n) is 27.6. The Balaban J connectivity index is 0.936. The maximum Gasteiger partial charge on any atom is 0.211 e. The summed E-state index contributed by atoms with van der Waals surface area (Å²) in [6, 6.07) is 53.0. The van der Waals surface area contributed by atoms with Gasteiger partial charge in [-0.1, -0.05) is 86.6 Å². The molecule has 76 heavy (non-hydrogen) atoms. The van der Waals surface area contributed by atoms with E-state index in [0.717, 1.165) is 130 Å². The maximum atomic E-state index is 7.00. The second-order valence-electron chi connectivity index (χ2n) is 20.3. The van der Waals surface area contributed by atoms with Crippen molar-refractivity contribution in [2.24, 2.45) is 0 Å². The molecule has 8 heteroatoms. The van der Waals surface area contributed by atoms with Crippen LogP contribution in [-0.4, -0.2) is 26.4 Å². The van der Waals surface area contributed by atoms with Gasteiger partial charge in [0.15, 0.2) is 49.6 Å². The van der Waals surface area contributed by atoms with E-state index in [2.05, 4.69) is 227 Å². The van der Waals surface area contributed by atoms with Crippen LogP contribution >= 0.6 is 0 Å². The molecule has 1 aliphatic carbocycles. The van der Waals surface area contributed by atoms with Crippen molar-refractivity contribution >= 4 is 0 Å². The molecule has 21 rings (SSSR count). The summed E-state index contributed by atoms with van der Waals surface area (Å²) in [4.78, 5) is 0. The molecule has 20 bridgehead atoms. The van der Waals surface area contributed by atoms with E-state index >= 15 is 0 Å². The lowest BCUT2D eigenvalue weighted by atomic mass is 9.91. The number of pyridine rings is 4. The lowest BCUT2D eigenvalue weighted by Gasteiger charge is -2.22. The maximum absolute atomic E-state index is 7.00. The Morgan fingerprint density at radius 1 is 0.355 bits per heavy atom. The number of benzene rings is 5. The number of aryl methyl sites for hydroxylation is 2. The molecule has 382 valence electrons. The highest BCUT2D eigenvalue weighted by atomic mass is 16.5. The molecule has 0 N–H and O–H groups in total. The highest BCUT2D eigenvalue weighted by Crippen LogP contribution is 2.39. The van der Waals surface area contributed by atoms with Crippen LogP contribution in [0.15, 0.2) is 195 Å². The van der Waals surface area contributed by atoms with Gasteiger partial charge in [-0.2, -0.15) is 9.13 Å². The summed E-state index contributed by atoms with van der Waals surface area (Å²) in [6.45, 7) is 8.67. The SMILES string of the molecule is CCCOc1c2cccc1Cc1cccc3c1OCCCC[n+]1ccc(cc1)-c1cc[n+](cc1)-c1ccc(cc1)-[n+]1ccc(cc1)-c1cc[n+](cc1)CCCCOc1c(cccc1Cc1cccc(c1OCCC)C3)C2. The van der Waals surface area contributed by atoms with Crippen molar-refractivity contribution in [3.05, 3.63) is 240 Å². The van der Waals surface area contributed by atoms with Gasteiger partial charge in [-0.25, -0.2) is 9.13 Å². The molecule has 0 spiro atoms. The van der Waals surface area contributed by atoms with E-state index in [0.29, 0.717) is 52.1 Å². The molecule has 4 aromatic heterocycles. The minimum absolute atomic E-state index is 0.614. The third kappa shape index (κ3) is 11.7. The highest BCUT2D eigenvalue weighted by Gasteiger charge is 2.23. The Labute approximate surface area is 449 Å². The first-order chi connectivity index (χ1) is 37.6. The molecule has 15 heterocycles. The summed E-state index contributed by atoms with van der Waals surface area (Å²) in [6.07, 6.45) is 25.8. The molecule has 12 aliphatic rings. The van der Waals surface area contributed by atoms with Crippen LogP contribution in [0.2, 0.25) is 0 Å². The second-order valence-corrected chi connectivity index (χ2v) is 20.3. The van der Waals surface area contributed by atoms with Gasteiger partial charge < -0.3 is 18.9 Å². The zero-order chi connectivity index (χ0) is 51.5. The predicted octanol–water partition coefficient (Wildman–Crippen LogP) is 12.4. The average molecular weight is 1010 g/mol. The molecule has 0 atom stereocenters. The largest absolute Gasteiger partial charge is 0.493 e. The zero-order valence-corrected chi connectivity index (χ0v) is 44.2. The smallest absolute Gasteiger partial charge is 0.211 e. The van der Waals surface area contributed by atoms with Crippen LogP contribution in [0.4, 0.5) is 0 Å². The molecular formula is C68H70N4O4+4. The van der Waals surface area contributed by atoms with Gasteiger partial charge in [-0.3, -0.25) is 0 Å². The van der Waals surface area contributed by atoms with E-state index in [1.54, 1.807) is 0 Å². The number of hydrogen-bond acceptors (Lipinski definition) is 4. The molecule has 5 aromatic carbocycles. The molecule has 0 radical (unpaired) electrons. The molecule has 11 aliphatic heterocycles. The van der Waals surface area contributed by atoms with Crippen LogP contribution < -0.4 is 37.2 Å². The van der Waals surface area contributed by atoms with Crippen molar-refractivity contribution in [1.29, 1.82) is 0 Å². The molecule has 0 saturated heterocycles. The van der Waals surface area contributed by atoms with Crippen molar-refractivity contribution in [3.8, 4) is 56.6 Å². The van der Waals surface area contributed by atoms with Crippen LogP contribution in [0.3, 0.4) is 0 Å². The molecule has 0 saturated carbocycles. The number of ether oxygens (including phenoxy) is 4. The molecule has 9 aromatic rings. The molecule has 0 fully saturated rings. The molecule has 0 unspecified atom stereocenters. The van der Waals surface area contributed by atoms with Crippen LogP contribution in [0, 0.1) is 0 Å². The van der Waals surface area contributed by atoms with E-state index in [9.17, 15) is 0 Å². The summed E-state index contributed by atoms with van der Waals surface area (Å²) in [7, 11) is 0. The fraction of sp³-hybridized carbons (Fsp3) is 0.265. The Hall–Kier alpha value is -8.10. The lowest BCUT2D eigenvalue weighted by molar-refractivity contribution is -0.697. The quantitative estimate of drug-likeness (QED) is 0.156. The van der Waals surface area contributed by atoms with Gasteiger partial charge >= 0.3 is 0 Å². The number of rotatable bonds is 6. The number of hydrogen-bond donors (Lipinski definition) is 0. The third-order valence-electron chi connectivity index (χ3n) is 14.8. The summed E-state index contributed by atoms with van der Waals surface area (Å²) in [5, 5.41) is 0. The van der Waals surface area contributed by atoms with E-state index in [4.69, 9.17) is 18.9 Å². The Kier molecular flexibility index (Phi) is 15.9. The molecule has 8 nitrogen and oxygen atoms in total. The fourth-order valence-corrected chi connectivity index (χ4v) is 10.8. The topological polar surface area (TPSA) is 52.4 Å². The standard InChI is InChI=1S/C68H70N4O4/c1-3-43-73-65-55-13-9-14-56(65)48-60-18-12-20-62-50-58-16-10-15-57(66(58)74-44-4-2)49-61-19-11-17-59(47-55)67(61)75-45-7-5-33-69-35-25-51(26-36-69)53-29-39-71(40-30-53)63-21-23-64(24-22-63)72-41-31-54(32-42-72)52-27-37-70(38-28-52)34-6-8-46-76-68(60)62/h9-32,35-42H,3-8,33-34,43-50H2,1-2H3/q+4. The monoisotopic (exact) mass is 1010 g/mol. The summed E-state index contributed by atoms with van der Waals surface area (Å²) >= 11 is 0. The average Bonchev–Trinajstić information content (AvgIpc) is 3.46. The number of nitrogens with zero attached hydrogens (tertiary/aromatic N) is 4. The summed E-state index contributed by atoms with van der Waals surface area (Å²) in [5.74, 6) is 3.86. The van der Waals surface area contributed by atoms with Gasteiger partial charge in [0.2, 0.25) is 11.4 Å². The second kappa shape index (κ2) is 24.1. The van der Waals surface area contributed by atoms with Crippen molar-refractivity contribution < 1.29 is 37.2 Å². The summed E-state index contributed by atoms with van der Waals surface area (Å²) in [5.41, 5.74) is 16.3. The van der Waals surface area contributed by atoms with E-state index in [1.807, 2.05) is 0 Å². The van der Waals surface area contributed by atoms with Gasteiger partial charge in [0.1, 0.15) is 36.1 Å². The fourth-order valence-electron chi connectivity index (χ4n) is 10.8. The predicted molar refractivity (Wildman–Crippen MR) is 299 cm³/mol. The third-order valence-corrected chi connectivity index (χ3v) is 14.8. The van der Waals surface area contributed by atoms with Gasteiger partial charge in [0.05, 0.1) is 26.4 Å². The van der Waals surface area contributed by atoms with Crippen molar-refractivity contribution in [2.75, 3.05) is 26.4 Å². The van der Waals surface area contributed by atoms with Gasteiger partial charge in [0, 0.05) is 111 Å². The molecular weight excluding hydrogens is 937 g/mol. The van der Waals surface area contributed by atoms with E-state index in [1.165, 1.54) is 22.3 Å². The minimum atomic E-state index is 0.614. The summed E-state index contributed by atoms with van der Waals surface area (Å²) < 4.78 is 36.4. The normalized spacial score (nSPS) is 13.7. The zero-order valence-electron chi connectivity index (χ0n) is 44.2. The van der Waals surface area contributed by atoms with Gasteiger partial charge in [0.25, 0.3) is 0 Å². The lowest BCUT2D eigenvalue weighted by Crippen LogP contribution is -2.33. The number of aromatic nitrogens is 4. The van der Waals surface area contributed by atoms with Gasteiger partial charge in [-0.15, -0.1) is 0 Å². The van der Waals surface area contributed by atoms with Gasteiger partial charge in [-0.05, 0) is 92.4 Å². The van der Waals surface area contributed by atoms with Crippen molar-refractivity contribution in [3.63, 3.8) is 0 Å². The first kappa shape index (κ1) is 50.1. The highest BCUT2D eigenvalue weighted by molar-refractivity contribution is 5.62. The Bertz CT molecular complexity index is 3060.